The highest BCUT2D eigenvalue weighted by atomic mass is 19.4. The van der Waals surface area contributed by atoms with Gasteiger partial charge in [-0.15, -0.1) is 0 Å². The first-order valence-electron chi connectivity index (χ1n) is 4.04. The number of hydrogen-bond acceptors (Lipinski definition) is 2. The summed E-state index contributed by atoms with van der Waals surface area (Å²) < 4.78 is 40.8. The van der Waals surface area contributed by atoms with Crippen LogP contribution < -0.4 is 0 Å². The summed E-state index contributed by atoms with van der Waals surface area (Å²) in [5.74, 6) is -3.60. The van der Waals surface area contributed by atoms with E-state index in [1.807, 2.05) is 0 Å². The topological polar surface area (TPSA) is 26.3 Å². The number of carbonyl (C=O) groups excluding carboxylic acids is 1. The molecule has 0 aliphatic heterocycles. The molecular formula is C8H13F3O2. The van der Waals surface area contributed by atoms with Crippen molar-refractivity contribution in [3.63, 3.8) is 0 Å². The van der Waals surface area contributed by atoms with E-state index in [2.05, 4.69) is 4.74 Å². The van der Waals surface area contributed by atoms with Crippen LogP contribution in [0.2, 0.25) is 0 Å². The number of rotatable bonds is 3. The summed E-state index contributed by atoms with van der Waals surface area (Å²) in [6, 6.07) is 0. The smallest absolute Gasteiger partial charge is 0.392 e. The molecule has 2 atom stereocenters. The summed E-state index contributed by atoms with van der Waals surface area (Å²) >= 11 is 0. The Hall–Kier alpha value is -0.740. The van der Waals surface area contributed by atoms with Crippen molar-refractivity contribution >= 4 is 5.97 Å². The van der Waals surface area contributed by atoms with Crippen LogP contribution in [0, 0.1) is 11.8 Å². The number of carbonyl (C=O) groups is 1. The van der Waals surface area contributed by atoms with Crippen molar-refractivity contribution in [1.29, 1.82) is 0 Å². The first kappa shape index (κ1) is 12.3. The Morgan fingerprint density at radius 1 is 1.38 bits per heavy atom. The van der Waals surface area contributed by atoms with Gasteiger partial charge in [0.05, 0.1) is 18.4 Å². The highest BCUT2D eigenvalue weighted by Gasteiger charge is 2.42. The lowest BCUT2D eigenvalue weighted by atomic mass is 9.96. The fraction of sp³-hybridized carbons (Fsp3) is 0.875. The number of halogens is 3. The van der Waals surface area contributed by atoms with Gasteiger partial charge in [0, 0.05) is 0 Å². The second kappa shape index (κ2) is 4.48. The zero-order valence-electron chi connectivity index (χ0n) is 7.81. The molecule has 0 aromatic carbocycles. The Labute approximate surface area is 75.1 Å². The molecule has 0 saturated carbocycles. The third kappa shape index (κ3) is 3.65. The molecule has 0 aromatic rings. The lowest BCUT2D eigenvalue weighted by Gasteiger charge is -2.20. The van der Waals surface area contributed by atoms with Crippen LogP contribution in [-0.2, 0) is 9.53 Å². The maximum atomic E-state index is 12.1. The van der Waals surface area contributed by atoms with Crippen molar-refractivity contribution in [2.24, 2.45) is 11.8 Å². The maximum Gasteiger partial charge on any atom is 0.392 e. The zero-order chi connectivity index (χ0) is 10.6. The van der Waals surface area contributed by atoms with Crippen molar-refractivity contribution in [2.75, 3.05) is 6.61 Å². The average molecular weight is 198 g/mol. The fourth-order valence-corrected chi connectivity index (χ4v) is 0.761. The molecule has 0 aromatic heterocycles. The number of ether oxygens (including phenoxy) is 1. The van der Waals surface area contributed by atoms with Crippen molar-refractivity contribution in [3.05, 3.63) is 0 Å². The van der Waals surface area contributed by atoms with Crippen LogP contribution in [0.3, 0.4) is 0 Å². The Balaban J connectivity index is 4.25. The summed E-state index contributed by atoms with van der Waals surface area (Å²) in [6.07, 6.45) is -4.34. The van der Waals surface area contributed by atoms with Crippen LogP contribution in [-0.4, -0.2) is 18.8 Å². The number of esters is 1. The molecule has 0 radical (unpaired) electrons. The zero-order valence-corrected chi connectivity index (χ0v) is 7.81. The van der Waals surface area contributed by atoms with Gasteiger partial charge in [0.25, 0.3) is 0 Å². The summed E-state index contributed by atoms with van der Waals surface area (Å²) in [6.45, 7) is 3.86. The lowest BCUT2D eigenvalue weighted by Crippen LogP contribution is -2.32. The normalized spacial score (nSPS) is 16.5. The summed E-state index contributed by atoms with van der Waals surface area (Å²) in [4.78, 5) is 10.9. The van der Waals surface area contributed by atoms with Crippen LogP contribution in [0.1, 0.15) is 20.8 Å². The third-order valence-electron chi connectivity index (χ3n) is 1.92. The molecule has 0 fully saturated rings. The van der Waals surface area contributed by atoms with Gasteiger partial charge in [0.15, 0.2) is 0 Å². The van der Waals surface area contributed by atoms with Crippen LogP contribution in [0.15, 0.2) is 0 Å². The Bertz CT molecular complexity index is 177. The quantitative estimate of drug-likeness (QED) is 0.651. The van der Waals surface area contributed by atoms with Gasteiger partial charge in [-0.2, -0.15) is 13.2 Å². The number of hydrogen-bond donors (Lipinski definition) is 0. The minimum Gasteiger partial charge on any atom is -0.466 e. The van der Waals surface area contributed by atoms with Crippen LogP contribution in [0.25, 0.3) is 0 Å². The van der Waals surface area contributed by atoms with Crippen molar-refractivity contribution < 1.29 is 22.7 Å². The van der Waals surface area contributed by atoms with E-state index < -0.39 is 24.0 Å². The Morgan fingerprint density at radius 3 is 2.15 bits per heavy atom. The molecule has 13 heavy (non-hydrogen) atoms. The van der Waals surface area contributed by atoms with Crippen molar-refractivity contribution in [2.45, 2.75) is 26.9 Å². The largest absolute Gasteiger partial charge is 0.466 e. The van der Waals surface area contributed by atoms with Crippen LogP contribution in [0.5, 0.6) is 0 Å². The Morgan fingerprint density at radius 2 is 1.85 bits per heavy atom. The first-order valence-corrected chi connectivity index (χ1v) is 4.04. The first-order chi connectivity index (χ1) is 5.80. The van der Waals surface area contributed by atoms with E-state index in [-0.39, 0.29) is 6.61 Å². The van der Waals surface area contributed by atoms with E-state index in [0.717, 1.165) is 6.92 Å². The highest BCUT2D eigenvalue weighted by molar-refractivity contribution is 5.72. The van der Waals surface area contributed by atoms with E-state index in [1.165, 1.54) is 6.92 Å². The van der Waals surface area contributed by atoms with Gasteiger partial charge >= 0.3 is 12.1 Å². The molecule has 78 valence electrons. The van der Waals surface area contributed by atoms with Gasteiger partial charge in [0.1, 0.15) is 0 Å². The molecule has 0 spiro atoms. The highest BCUT2D eigenvalue weighted by Crippen LogP contribution is 2.31. The number of alkyl halides is 3. The van der Waals surface area contributed by atoms with E-state index in [0.29, 0.717) is 0 Å². The van der Waals surface area contributed by atoms with E-state index in [1.54, 1.807) is 6.92 Å². The molecule has 2 unspecified atom stereocenters. The second-order valence-corrected chi connectivity index (χ2v) is 2.87. The second-order valence-electron chi connectivity index (χ2n) is 2.87. The van der Waals surface area contributed by atoms with Gasteiger partial charge in [-0.05, 0) is 6.92 Å². The molecule has 0 bridgehead atoms. The Kier molecular flexibility index (Phi) is 4.23. The predicted molar refractivity (Wildman–Crippen MR) is 41.0 cm³/mol. The van der Waals surface area contributed by atoms with E-state index in [4.69, 9.17) is 0 Å². The molecule has 0 aliphatic rings. The molecule has 0 rings (SSSR count). The van der Waals surface area contributed by atoms with Gasteiger partial charge in [-0.25, -0.2) is 0 Å². The molecule has 0 amide bonds. The molecule has 0 aliphatic carbocycles. The monoisotopic (exact) mass is 198 g/mol. The molecule has 5 heteroatoms. The van der Waals surface area contributed by atoms with Crippen LogP contribution in [0.4, 0.5) is 13.2 Å². The molecule has 0 saturated heterocycles. The average Bonchev–Trinajstić information content (AvgIpc) is 2.00. The summed E-state index contributed by atoms with van der Waals surface area (Å²) in [5, 5.41) is 0. The van der Waals surface area contributed by atoms with E-state index in [9.17, 15) is 18.0 Å². The SMILES string of the molecule is CCOC(=O)C(C)C(C)C(F)(F)F. The molecule has 0 N–H and O–H groups in total. The minimum atomic E-state index is -4.34. The van der Waals surface area contributed by atoms with Gasteiger partial charge in [-0.1, -0.05) is 13.8 Å². The van der Waals surface area contributed by atoms with Crippen molar-refractivity contribution in [3.8, 4) is 0 Å². The van der Waals surface area contributed by atoms with E-state index >= 15 is 0 Å². The standard InChI is InChI=1S/C8H13F3O2/c1-4-13-7(12)5(2)6(3)8(9,10)11/h5-6H,4H2,1-3H3. The fourth-order valence-electron chi connectivity index (χ4n) is 0.761. The van der Waals surface area contributed by atoms with Gasteiger partial charge < -0.3 is 4.74 Å². The maximum absolute atomic E-state index is 12.1. The summed E-state index contributed by atoms with van der Waals surface area (Å²) in [5.41, 5.74) is 0. The van der Waals surface area contributed by atoms with Gasteiger partial charge in [-0.3, -0.25) is 4.79 Å². The molecular weight excluding hydrogens is 185 g/mol. The molecule has 2 nitrogen and oxygen atoms in total. The van der Waals surface area contributed by atoms with Crippen LogP contribution >= 0.6 is 0 Å². The van der Waals surface area contributed by atoms with Gasteiger partial charge in [0.2, 0.25) is 0 Å². The summed E-state index contributed by atoms with van der Waals surface area (Å²) in [7, 11) is 0. The minimum absolute atomic E-state index is 0.105. The third-order valence-corrected chi connectivity index (χ3v) is 1.92. The lowest BCUT2D eigenvalue weighted by molar-refractivity contribution is -0.192. The predicted octanol–water partition coefficient (Wildman–Crippen LogP) is 2.38. The molecule has 0 heterocycles. The van der Waals surface area contributed by atoms with Crippen molar-refractivity contribution in [1.82, 2.24) is 0 Å².